The molecule has 1 aromatic heterocycles. The standard InChI is InChI=1S/C19H26ClN3O2S/c1-19(2,3)26(24,25)23-15-11-9-14(10-12-15)18-16(20)17(21-22-18)13-7-5-4-6-8-13/h4-8,14-15,23H,9-12H2,1-3H3,(H,21,22)/t14-,15-. The van der Waals surface area contributed by atoms with Crippen LogP contribution in [0.15, 0.2) is 30.3 Å². The van der Waals surface area contributed by atoms with Crippen LogP contribution in [0.4, 0.5) is 0 Å². The van der Waals surface area contributed by atoms with E-state index in [0.717, 1.165) is 42.6 Å². The normalized spacial score (nSPS) is 21.7. The van der Waals surface area contributed by atoms with Gasteiger partial charge in [-0.15, -0.1) is 0 Å². The van der Waals surface area contributed by atoms with E-state index in [-0.39, 0.29) is 12.0 Å². The maximum absolute atomic E-state index is 12.3. The fourth-order valence-corrected chi connectivity index (χ4v) is 4.67. The molecule has 1 aliphatic rings. The Labute approximate surface area is 160 Å². The van der Waals surface area contributed by atoms with Crippen LogP contribution in [-0.4, -0.2) is 29.4 Å². The van der Waals surface area contributed by atoms with Gasteiger partial charge in [-0.3, -0.25) is 5.10 Å². The van der Waals surface area contributed by atoms with Crippen LogP contribution >= 0.6 is 11.6 Å². The van der Waals surface area contributed by atoms with Gasteiger partial charge in [0, 0.05) is 17.5 Å². The highest BCUT2D eigenvalue weighted by Crippen LogP contribution is 2.39. The number of nitrogens with one attached hydrogen (secondary N) is 2. The number of hydrogen-bond donors (Lipinski definition) is 2. The molecule has 1 aliphatic carbocycles. The summed E-state index contributed by atoms with van der Waals surface area (Å²) in [7, 11) is -3.32. The number of sulfonamides is 1. The summed E-state index contributed by atoms with van der Waals surface area (Å²) in [5, 5.41) is 8.19. The van der Waals surface area contributed by atoms with E-state index >= 15 is 0 Å². The molecule has 0 spiro atoms. The molecule has 1 heterocycles. The summed E-state index contributed by atoms with van der Waals surface area (Å²) < 4.78 is 26.8. The van der Waals surface area contributed by atoms with Crippen molar-refractivity contribution < 1.29 is 8.42 Å². The predicted molar refractivity (Wildman–Crippen MR) is 106 cm³/mol. The lowest BCUT2D eigenvalue weighted by molar-refractivity contribution is 0.367. The molecular formula is C19H26ClN3O2S. The second kappa shape index (κ2) is 7.33. The van der Waals surface area contributed by atoms with E-state index in [1.54, 1.807) is 20.8 Å². The zero-order valence-corrected chi connectivity index (χ0v) is 17.0. The van der Waals surface area contributed by atoms with Gasteiger partial charge >= 0.3 is 0 Å². The van der Waals surface area contributed by atoms with Crippen LogP contribution in [0.5, 0.6) is 0 Å². The van der Waals surface area contributed by atoms with Crippen LogP contribution in [0.2, 0.25) is 5.02 Å². The second-order valence-electron chi connectivity index (χ2n) is 7.95. The summed E-state index contributed by atoms with van der Waals surface area (Å²) in [4.78, 5) is 0. The molecule has 0 radical (unpaired) electrons. The first-order valence-electron chi connectivity index (χ1n) is 9.00. The third-order valence-corrected chi connectivity index (χ3v) is 7.68. The molecule has 0 saturated heterocycles. The molecule has 26 heavy (non-hydrogen) atoms. The first-order valence-corrected chi connectivity index (χ1v) is 10.9. The lowest BCUT2D eigenvalue weighted by atomic mass is 9.84. The maximum Gasteiger partial charge on any atom is 0.216 e. The fourth-order valence-electron chi connectivity index (χ4n) is 3.30. The fraction of sp³-hybridized carbons (Fsp3) is 0.526. The Balaban J connectivity index is 1.67. The van der Waals surface area contributed by atoms with Gasteiger partial charge in [0.05, 0.1) is 15.5 Å². The quantitative estimate of drug-likeness (QED) is 0.801. The van der Waals surface area contributed by atoms with Gasteiger partial charge in [0.25, 0.3) is 0 Å². The van der Waals surface area contributed by atoms with E-state index in [9.17, 15) is 8.42 Å². The molecule has 0 bridgehead atoms. The lowest BCUT2D eigenvalue weighted by Gasteiger charge is -2.31. The zero-order valence-electron chi connectivity index (χ0n) is 15.4. The molecule has 1 fully saturated rings. The van der Waals surface area contributed by atoms with Gasteiger partial charge in [0.1, 0.15) is 5.69 Å². The minimum atomic E-state index is -3.32. The molecule has 7 heteroatoms. The van der Waals surface area contributed by atoms with Crippen molar-refractivity contribution in [2.75, 3.05) is 0 Å². The van der Waals surface area contributed by atoms with Crippen molar-refractivity contribution in [2.45, 2.75) is 63.2 Å². The average Bonchev–Trinajstić information content (AvgIpc) is 2.96. The van der Waals surface area contributed by atoms with E-state index in [4.69, 9.17) is 11.6 Å². The molecular weight excluding hydrogens is 370 g/mol. The van der Waals surface area contributed by atoms with Crippen molar-refractivity contribution in [1.29, 1.82) is 0 Å². The Morgan fingerprint density at radius 3 is 2.31 bits per heavy atom. The van der Waals surface area contributed by atoms with Crippen molar-refractivity contribution >= 4 is 21.6 Å². The first-order chi connectivity index (χ1) is 12.2. The molecule has 142 valence electrons. The van der Waals surface area contributed by atoms with Crippen molar-refractivity contribution in [3.8, 4) is 11.3 Å². The van der Waals surface area contributed by atoms with Gasteiger partial charge in [-0.1, -0.05) is 41.9 Å². The van der Waals surface area contributed by atoms with Gasteiger partial charge in [-0.25, -0.2) is 13.1 Å². The zero-order chi connectivity index (χ0) is 18.9. The van der Waals surface area contributed by atoms with E-state index in [1.165, 1.54) is 0 Å². The minimum absolute atomic E-state index is 0.00855. The summed E-state index contributed by atoms with van der Waals surface area (Å²) in [6.07, 6.45) is 3.37. The number of halogens is 1. The molecule has 0 aliphatic heterocycles. The Hall–Kier alpha value is -1.37. The van der Waals surface area contributed by atoms with Crippen molar-refractivity contribution in [3.63, 3.8) is 0 Å². The van der Waals surface area contributed by atoms with Gasteiger partial charge in [0.15, 0.2) is 0 Å². The smallest absolute Gasteiger partial charge is 0.216 e. The highest BCUT2D eigenvalue weighted by molar-refractivity contribution is 7.90. The van der Waals surface area contributed by atoms with E-state index in [0.29, 0.717) is 5.02 Å². The minimum Gasteiger partial charge on any atom is -0.280 e. The monoisotopic (exact) mass is 395 g/mol. The summed E-state index contributed by atoms with van der Waals surface area (Å²) in [5.41, 5.74) is 2.73. The van der Waals surface area contributed by atoms with Crippen LogP contribution in [0, 0.1) is 0 Å². The van der Waals surface area contributed by atoms with E-state index in [2.05, 4.69) is 14.9 Å². The lowest BCUT2D eigenvalue weighted by Crippen LogP contribution is -2.45. The first kappa shape index (κ1) is 19.4. The third-order valence-electron chi connectivity index (χ3n) is 5.04. The Morgan fingerprint density at radius 1 is 1.12 bits per heavy atom. The van der Waals surface area contributed by atoms with Gasteiger partial charge in [0.2, 0.25) is 10.0 Å². The Bertz CT molecular complexity index is 849. The van der Waals surface area contributed by atoms with Gasteiger partial charge < -0.3 is 0 Å². The van der Waals surface area contributed by atoms with Crippen molar-refractivity contribution in [2.24, 2.45) is 0 Å². The van der Waals surface area contributed by atoms with E-state index in [1.807, 2.05) is 30.3 Å². The number of aromatic nitrogens is 2. The molecule has 1 saturated carbocycles. The summed E-state index contributed by atoms with van der Waals surface area (Å²) in [5.74, 6) is 0.280. The number of benzene rings is 1. The molecule has 2 N–H and O–H groups in total. The predicted octanol–water partition coefficient (Wildman–Crippen LogP) is 4.47. The van der Waals surface area contributed by atoms with Crippen LogP contribution in [0.25, 0.3) is 11.3 Å². The maximum atomic E-state index is 12.3. The summed E-state index contributed by atoms with van der Waals surface area (Å²) in [6.45, 7) is 5.16. The molecule has 2 aromatic rings. The molecule has 0 unspecified atom stereocenters. The number of aromatic amines is 1. The van der Waals surface area contributed by atoms with E-state index < -0.39 is 14.8 Å². The number of H-pyrrole nitrogens is 1. The number of nitrogens with zero attached hydrogens (tertiary/aromatic N) is 1. The van der Waals surface area contributed by atoms with Gasteiger partial charge in [-0.2, -0.15) is 5.10 Å². The van der Waals surface area contributed by atoms with Gasteiger partial charge in [-0.05, 0) is 46.5 Å². The highest BCUT2D eigenvalue weighted by atomic mass is 35.5. The number of hydrogen-bond acceptors (Lipinski definition) is 3. The average molecular weight is 396 g/mol. The molecule has 1 aromatic carbocycles. The van der Waals surface area contributed by atoms with Crippen LogP contribution in [0.1, 0.15) is 58.1 Å². The second-order valence-corrected chi connectivity index (χ2v) is 10.8. The molecule has 0 atom stereocenters. The number of rotatable bonds is 4. The van der Waals surface area contributed by atoms with Crippen molar-refractivity contribution in [3.05, 3.63) is 41.0 Å². The van der Waals surface area contributed by atoms with Crippen LogP contribution in [0.3, 0.4) is 0 Å². The van der Waals surface area contributed by atoms with Crippen LogP contribution in [-0.2, 0) is 10.0 Å². The summed E-state index contributed by atoms with van der Waals surface area (Å²) >= 11 is 6.59. The summed E-state index contributed by atoms with van der Waals surface area (Å²) in [6, 6.07) is 9.86. The van der Waals surface area contributed by atoms with Crippen molar-refractivity contribution in [1.82, 2.24) is 14.9 Å². The third kappa shape index (κ3) is 3.97. The highest BCUT2D eigenvalue weighted by Gasteiger charge is 2.33. The largest absolute Gasteiger partial charge is 0.280 e. The molecule has 5 nitrogen and oxygen atoms in total. The molecule has 3 rings (SSSR count). The molecule has 0 amide bonds. The van der Waals surface area contributed by atoms with Crippen LogP contribution < -0.4 is 4.72 Å². The SMILES string of the molecule is CC(C)(C)S(=O)(=O)N[C@H]1CC[C@H](c2[nH]nc(-c3ccccc3)c2Cl)CC1. The topological polar surface area (TPSA) is 74.8 Å². The Kier molecular flexibility index (Phi) is 5.47. The Morgan fingerprint density at radius 2 is 1.73 bits per heavy atom.